The molecule has 1 aromatic heterocycles. The van der Waals surface area contributed by atoms with Crippen molar-refractivity contribution in [3.8, 4) is 17.0 Å². The Morgan fingerprint density at radius 1 is 1.18 bits per heavy atom. The van der Waals surface area contributed by atoms with Crippen molar-refractivity contribution in [3.05, 3.63) is 71.4 Å². The minimum absolute atomic E-state index is 0.149. The van der Waals surface area contributed by atoms with Crippen molar-refractivity contribution < 1.29 is 9.90 Å². The molecule has 0 saturated carbocycles. The Morgan fingerprint density at radius 3 is 2.61 bits per heavy atom. The van der Waals surface area contributed by atoms with E-state index in [1.807, 2.05) is 18.2 Å². The van der Waals surface area contributed by atoms with Crippen molar-refractivity contribution >= 4 is 11.6 Å². The molecule has 28 heavy (non-hydrogen) atoms. The molecule has 0 bridgehead atoms. The lowest BCUT2D eigenvalue weighted by atomic mass is 10.0. The summed E-state index contributed by atoms with van der Waals surface area (Å²) in [6, 6.07) is 16.6. The number of hydrogen-bond donors (Lipinski definition) is 3. The van der Waals surface area contributed by atoms with E-state index in [0.29, 0.717) is 23.0 Å². The normalized spacial score (nSPS) is 11.6. The van der Waals surface area contributed by atoms with Gasteiger partial charge in [0, 0.05) is 11.1 Å². The number of phenols is 1. The molecule has 1 amide bonds. The number of rotatable bonds is 6. The fourth-order valence-corrected chi connectivity index (χ4v) is 2.86. The summed E-state index contributed by atoms with van der Waals surface area (Å²) >= 11 is 0. The topological polar surface area (TPSA) is 90.4 Å². The van der Waals surface area contributed by atoms with Crippen molar-refractivity contribution in [1.82, 2.24) is 15.6 Å². The van der Waals surface area contributed by atoms with Gasteiger partial charge < -0.3 is 5.11 Å². The Balaban J connectivity index is 1.67. The predicted molar refractivity (Wildman–Crippen MR) is 110 cm³/mol. The zero-order chi connectivity index (χ0) is 20.1. The van der Waals surface area contributed by atoms with Crippen LogP contribution in [0.1, 0.15) is 42.4 Å². The summed E-state index contributed by atoms with van der Waals surface area (Å²) in [6.07, 6.45) is 1.03. The molecule has 0 spiro atoms. The standard InChI is InChI=1S/C22H24N4O2/c1-14(2)11-16-7-9-17(10-8-16)20-13-21(25-24-20)22(28)26-23-15(3)18-5-4-6-19(27)12-18/h4-10,12-14,27H,11H2,1-3H3,(H,24,25)(H,26,28). The molecule has 6 heteroatoms. The van der Waals surface area contributed by atoms with Gasteiger partial charge in [-0.1, -0.05) is 50.2 Å². The predicted octanol–water partition coefficient (Wildman–Crippen LogP) is 4.13. The molecular weight excluding hydrogens is 352 g/mol. The van der Waals surface area contributed by atoms with E-state index >= 15 is 0 Å². The Hall–Kier alpha value is -3.41. The maximum atomic E-state index is 12.3. The van der Waals surface area contributed by atoms with Crippen molar-refractivity contribution in [2.45, 2.75) is 27.2 Å². The summed E-state index contributed by atoms with van der Waals surface area (Å²) in [5, 5.41) is 20.6. The van der Waals surface area contributed by atoms with Crippen LogP contribution in [0.4, 0.5) is 0 Å². The van der Waals surface area contributed by atoms with E-state index in [0.717, 1.165) is 17.5 Å². The minimum Gasteiger partial charge on any atom is -0.508 e. The summed E-state index contributed by atoms with van der Waals surface area (Å²) < 4.78 is 0. The number of nitrogens with one attached hydrogen (secondary N) is 2. The minimum atomic E-state index is -0.380. The highest BCUT2D eigenvalue weighted by atomic mass is 16.3. The van der Waals surface area contributed by atoms with Crippen LogP contribution in [0.15, 0.2) is 59.7 Å². The lowest BCUT2D eigenvalue weighted by Crippen LogP contribution is -2.19. The maximum Gasteiger partial charge on any atom is 0.289 e. The molecule has 0 saturated heterocycles. The van der Waals surface area contributed by atoms with Gasteiger partial charge in [-0.25, -0.2) is 5.43 Å². The molecule has 0 unspecified atom stereocenters. The van der Waals surface area contributed by atoms with Gasteiger partial charge in [-0.3, -0.25) is 9.89 Å². The largest absolute Gasteiger partial charge is 0.508 e. The van der Waals surface area contributed by atoms with Gasteiger partial charge in [0.25, 0.3) is 5.91 Å². The fourth-order valence-electron chi connectivity index (χ4n) is 2.86. The van der Waals surface area contributed by atoms with Crippen LogP contribution in [0.2, 0.25) is 0 Å². The summed E-state index contributed by atoms with van der Waals surface area (Å²) in [7, 11) is 0. The summed E-state index contributed by atoms with van der Waals surface area (Å²) in [5.41, 5.74) is 7.08. The third-order valence-electron chi connectivity index (χ3n) is 4.31. The highest BCUT2D eigenvalue weighted by Gasteiger charge is 2.11. The number of aromatic hydroxyl groups is 1. The van der Waals surface area contributed by atoms with Crippen LogP contribution in [0.3, 0.4) is 0 Å². The zero-order valence-electron chi connectivity index (χ0n) is 16.2. The quantitative estimate of drug-likeness (QED) is 0.446. The first-order valence-corrected chi connectivity index (χ1v) is 9.21. The molecule has 3 aromatic rings. The first-order chi connectivity index (χ1) is 13.4. The van der Waals surface area contributed by atoms with E-state index in [9.17, 15) is 9.90 Å². The maximum absolute atomic E-state index is 12.3. The second kappa shape index (κ2) is 8.52. The van der Waals surface area contributed by atoms with Crippen LogP contribution >= 0.6 is 0 Å². The number of aromatic nitrogens is 2. The van der Waals surface area contributed by atoms with E-state index in [2.05, 4.69) is 46.7 Å². The number of phenolic OH excluding ortho intramolecular Hbond substituents is 1. The van der Waals surface area contributed by atoms with Gasteiger partial charge in [-0.05, 0) is 43.0 Å². The van der Waals surface area contributed by atoms with E-state index < -0.39 is 0 Å². The molecule has 0 aliphatic rings. The number of aromatic amines is 1. The van der Waals surface area contributed by atoms with Gasteiger partial charge in [0.15, 0.2) is 0 Å². The van der Waals surface area contributed by atoms with Crippen LogP contribution in [-0.4, -0.2) is 26.9 Å². The number of H-pyrrole nitrogens is 1. The van der Waals surface area contributed by atoms with Crippen molar-refractivity contribution in [2.24, 2.45) is 11.0 Å². The molecule has 1 heterocycles. The monoisotopic (exact) mass is 376 g/mol. The number of hydrogen-bond acceptors (Lipinski definition) is 4. The number of carbonyl (C=O) groups is 1. The van der Waals surface area contributed by atoms with Crippen LogP contribution in [0.25, 0.3) is 11.3 Å². The van der Waals surface area contributed by atoms with Crippen LogP contribution in [0.5, 0.6) is 5.75 Å². The molecule has 0 aliphatic carbocycles. The average molecular weight is 376 g/mol. The average Bonchev–Trinajstić information content (AvgIpc) is 3.16. The van der Waals surface area contributed by atoms with Crippen molar-refractivity contribution in [1.29, 1.82) is 0 Å². The van der Waals surface area contributed by atoms with Crippen molar-refractivity contribution in [2.75, 3.05) is 0 Å². The SMILES string of the molecule is CC(=NNC(=O)c1cc(-c2ccc(CC(C)C)cc2)n[nH]1)c1cccc(O)c1. The molecular formula is C22H24N4O2. The van der Waals surface area contributed by atoms with Gasteiger partial charge in [0.05, 0.1) is 11.4 Å². The molecule has 0 radical (unpaired) electrons. The third kappa shape index (κ3) is 4.85. The smallest absolute Gasteiger partial charge is 0.289 e. The molecule has 3 rings (SSSR count). The highest BCUT2D eigenvalue weighted by molar-refractivity contribution is 6.00. The summed E-state index contributed by atoms with van der Waals surface area (Å²) in [5.74, 6) is 0.376. The Bertz CT molecular complexity index is 988. The van der Waals surface area contributed by atoms with Crippen LogP contribution in [0, 0.1) is 5.92 Å². The molecule has 144 valence electrons. The van der Waals surface area contributed by atoms with Crippen LogP contribution < -0.4 is 5.43 Å². The summed E-state index contributed by atoms with van der Waals surface area (Å²) in [6.45, 7) is 6.14. The fraction of sp³-hybridized carbons (Fsp3) is 0.227. The number of benzene rings is 2. The molecule has 2 aromatic carbocycles. The lowest BCUT2D eigenvalue weighted by Gasteiger charge is -2.05. The van der Waals surface area contributed by atoms with Crippen molar-refractivity contribution in [3.63, 3.8) is 0 Å². The van der Waals surface area contributed by atoms with E-state index in [1.54, 1.807) is 31.2 Å². The van der Waals surface area contributed by atoms with Gasteiger partial charge >= 0.3 is 0 Å². The molecule has 0 atom stereocenters. The van der Waals surface area contributed by atoms with E-state index in [4.69, 9.17) is 0 Å². The second-order valence-corrected chi connectivity index (χ2v) is 7.15. The van der Waals surface area contributed by atoms with E-state index in [1.165, 1.54) is 5.56 Å². The number of nitrogens with zero attached hydrogens (tertiary/aromatic N) is 2. The van der Waals surface area contributed by atoms with Gasteiger partial charge in [-0.2, -0.15) is 10.2 Å². The first-order valence-electron chi connectivity index (χ1n) is 9.21. The van der Waals surface area contributed by atoms with Gasteiger partial charge in [0.2, 0.25) is 0 Å². The number of hydrazone groups is 1. The Morgan fingerprint density at radius 2 is 1.93 bits per heavy atom. The Labute approximate surface area is 164 Å². The first kappa shape index (κ1) is 19.4. The number of carbonyl (C=O) groups excluding carboxylic acids is 1. The van der Waals surface area contributed by atoms with Crippen LogP contribution in [-0.2, 0) is 6.42 Å². The summed E-state index contributed by atoms with van der Waals surface area (Å²) in [4.78, 5) is 12.3. The zero-order valence-corrected chi connectivity index (χ0v) is 16.2. The third-order valence-corrected chi connectivity index (χ3v) is 4.31. The molecule has 0 fully saturated rings. The highest BCUT2D eigenvalue weighted by Crippen LogP contribution is 2.19. The van der Waals surface area contributed by atoms with E-state index in [-0.39, 0.29) is 11.7 Å². The lowest BCUT2D eigenvalue weighted by molar-refractivity contribution is 0.0950. The van der Waals surface area contributed by atoms with Gasteiger partial charge in [-0.15, -0.1) is 0 Å². The Kier molecular flexibility index (Phi) is 5.89. The molecule has 6 nitrogen and oxygen atoms in total. The van der Waals surface area contributed by atoms with Gasteiger partial charge in [0.1, 0.15) is 11.4 Å². The second-order valence-electron chi connectivity index (χ2n) is 7.15. The molecule has 0 aliphatic heterocycles. The molecule has 3 N–H and O–H groups in total. The number of amides is 1.